The van der Waals surface area contributed by atoms with Gasteiger partial charge >= 0.3 is 0 Å². The molecule has 1 aliphatic carbocycles. The Bertz CT molecular complexity index is 732. The van der Waals surface area contributed by atoms with Crippen LogP contribution in [-0.4, -0.2) is 31.3 Å². The molecule has 2 aliphatic rings. The van der Waals surface area contributed by atoms with E-state index in [1.807, 2.05) is 24.3 Å². The summed E-state index contributed by atoms with van der Waals surface area (Å²) in [6, 6.07) is 8.31. The molecular formula is C16H17NO3S. The molecule has 0 saturated carbocycles. The van der Waals surface area contributed by atoms with Crippen LogP contribution < -0.4 is 4.90 Å². The summed E-state index contributed by atoms with van der Waals surface area (Å²) in [6.07, 6.45) is 10.8. The van der Waals surface area contributed by atoms with Crippen LogP contribution >= 0.6 is 0 Å². The molecule has 1 aromatic carbocycles. The third-order valence-corrected chi connectivity index (χ3v) is 4.70. The summed E-state index contributed by atoms with van der Waals surface area (Å²) in [5.74, 6) is -0.302. The van der Waals surface area contributed by atoms with E-state index in [0.29, 0.717) is 13.0 Å². The van der Waals surface area contributed by atoms with E-state index in [4.69, 9.17) is 0 Å². The van der Waals surface area contributed by atoms with E-state index in [1.54, 1.807) is 0 Å². The van der Waals surface area contributed by atoms with E-state index in [2.05, 4.69) is 30.4 Å². The van der Waals surface area contributed by atoms with Gasteiger partial charge in [-0.2, -0.15) is 0 Å². The van der Waals surface area contributed by atoms with Gasteiger partial charge in [-0.15, -0.1) is 0 Å². The highest BCUT2D eigenvalue weighted by atomic mass is 32.2. The fourth-order valence-electron chi connectivity index (χ4n) is 3.00. The van der Waals surface area contributed by atoms with E-state index in [0.717, 1.165) is 11.3 Å². The zero-order chi connectivity index (χ0) is 14.9. The molecule has 0 bridgehead atoms. The molecule has 0 saturated heterocycles. The first-order chi connectivity index (χ1) is 10.0. The second-order valence-corrected chi connectivity index (χ2v) is 6.87. The number of fused-ring (bicyclic) bond motifs is 2. The first-order valence-electron chi connectivity index (χ1n) is 7.00. The Balaban J connectivity index is 1.88. The van der Waals surface area contributed by atoms with Crippen molar-refractivity contribution in [1.29, 1.82) is 0 Å². The van der Waals surface area contributed by atoms with Gasteiger partial charge in [0.15, 0.2) is 0 Å². The predicted molar refractivity (Wildman–Crippen MR) is 81.2 cm³/mol. The minimum Gasteiger partial charge on any atom is -0.748 e. The molecule has 21 heavy (non-hydrogen) atoms. The zero-order valence-electron chi connectivity index (χ0n) is 11.5. The molecule has 110 valence electrons. The summed E-state index contributed by atoms with van der Waals surface area (Å²) in [5, 5.41) is 0. The van der Waals surface area contributed by atoms with Gasteiger partial charge in [-0.3, -0.25) is 4.90 Å². The fourth-order valence-corrected chi connectivity index (χ4v) is 3.50. The molecule has 4 nitrogen and oxygen atoms in total. The molecule has 2 atom stereocenters. The van der Waals surface area contributed by atoms with Crippen LogP contribution in [0.15, 0.2) is 54.1 Å². The van der Waals surface area contributed by atoms with Gasteiger partial charge in [-0.1, -0.05) is 30.4 Å². The average Bonchev–Trinajstić information content (AvgIpc) is 2.45. The summed E-state index contributed by atoms with van der Waals surface area (Å²) >= 11 is 0. The van der Waals surface area contributed by atoms with E-state index >= 15 is 0 Å². The summed E-state index contributed by atoms with van der Waals surface area (Å²) < 4.78 is 32.4. The van der Waals surface area contributed by atoms with Crippen molar-refractivity contribution in [3.8, 4) is 0 Å². The van der Waals surface area contributed by atoms with Gasteiger partial charge in [0.05, 0.1) is 16.7 Å². The minimum absolute atomic E-state index is 0.194. The Kier molecular flexibility index (Phi) is 3.80. The number of para-hydroxylation sites is 1. The van der Waals surface area contributed by atoms with E-state index < -0.39 is 10.1 Å². The molecule has 0 amide bonds. The van der Waals surface area contributed by atoms with Gasteiger partial charge in [0.2, 0.25) is 0 Å². The molecule has 3 rings (SSSR count). The molecule has 0 radical (unpaired) electrons. The molecule has 1 heterocycles. The van der Waals surface area contributed by atoms with E-state index in [9.17, 15) is 13.0 Å². The van der Waals surface area contributed by atoms with Crippen molar-refractivity contribution in [1.82, 2.24) is 0 Å². The highest BCUT2D eigenvalue weighted by Crippen LogP contribution is 2.24. The van der Waals surface area contributed by atoms with Crippen molar-refractivity contribution >= 4 is 21.9 Å². The predicted octanol–water partition coefficient (Wildman–Crippen LogP) is 1.03. The van der Waals surface area contributed by atoms with Gasteiger partial charge in [0, 0.05) is 23.3 Å². The lowest BCUT2D eigenvalue weighted by Gasteiger charge is -2.32. The number of quaternary nitrogens is 1. The van der Waals surface area contributed by atoms with Gasteiger partial charge in [-0.05, 0) is 24.3 Å². The number of allylic oxidation sites excluding steroid dienone is 2. The highest BCUT2D eigenvalue weighted by molar-refractivity contribution is 7.85. The van der Waals surface area contributed by atoms with Crippen LogP contribution in [-0.2, 0) is 10.1 Å². The van der Waals surface area contributed by atoms with Crippen LogP contribution in [0.2, 0.25) is 0 Å². The molecule has 1 aromatic rings. The van der Waals surface area contributed by atoms with Crippen molar-refractivity contribution in [3.63, 3.8) is 0 Å². The fraction of sp³-hybridized carbons (Fsp3) is 0.250. The van der Waals surface area contributed by atoms with Gasteiger partial charge in [0.25, 0.3) is 0 Å². The minimum atomic E-state index is -4.14. The third-order valence-electron chi connectivity index (χ3n) is 3.91. The lowest BCUT2D eigenvalue weighted by Crippen LogP contribution is -3.12. The van der Waals surface area contributed by atoms with Crippen LogP contribution in [0.1, 0.15) is 12.0 Å². The number of benzene rings is 1. The van der Waals surface area contributed by atoms with E-state index in [-0.39, 0.29) is 11.8 Å². The van der Waals surface area contributed by atoms with Gasteiger partial charge in [-0.25, -0.2) is 8.42 Å². The smallest absolute Gasteiger partial charge is 0.139 e. The van der Waals surface area contributed by atoms with Crippen LogP contribution in [0.3, 0.4) is 0 Å². The van der Waals surface area contributed by atoms with Crippen molar-refractivity contribution in [3.05, 3.63) is 59.7 Å². The average molecular weight is 303 g/mol. The summed E-state index contributed by atoms with van der Waals surface area (Å²) in [4.78, 5) is 1.20. The van der Waals surface area contributed by atoms with Crippen molar-refractivity contribution in [2.45, 2.75) is 12.5 Å². The SMILES string of the molecule is O=S(=O)([O-])CCC[NH+]1c2ccccc2C=C2C=CC=CC21. The van der Waals surface area contributed by atoms with Crippen LogP contribution in [0.4, 0.5) is 5.69 Å². The standard InChI is InChI=1S/C16H17NO3S/c18-21(19,20)11-5-10-17-15-8-3-1-6-13(15)12-14-7-2-4-9-16(14)17/h1-4,6-9,12,15H,5,10-11H2,(H,18,19,20). The quantitative estimate of drug-likeness (QED) is 0.845. The number of nitrogens with one attached hydrogen (secondary N) is 1. The Hall–Kier alpha value is -1.69. The maximum Gasteiger partial charge on any atom is 0.139 e. The highest BCUT2D eigenvalue weighted by Gasteiger charge is 2.31. The van der Waals surface area contributed by atoms with Crippen molar-refractivity contribution in [2.24, 2.45) is 0 Å². The molecule has 5 heteroatoms. The molecule has 2 unspecified atom stereocenters. The topological polar surface area (TPSA) is 61.6 Å². The van der Waals surface area contributed by atoms with Crippen LogP contribution in [0, 0.1) is 0 Å². The zero-order valence-corrected chi connectivity index (χ0v) is 12.3. The Morgan fingerprint density at radius 2 is 2.00 bits per heavy atom. The molecule has 1 N–H and O–H groups in total. The molecule has 1 aliphatic heterocycles. The molecule has 0 aromatic heterocycles. The summed E-state index contributed by atoms with van der Waals surface area (Å²) in [5.41, 5.74) is 3.54. The Morgan fingerprint density at radius 1 is 1.19 bits per heavy atom. The first-order valence-corrected chi connectivity index (χ1v) is 8.57. The van der Waals surface area contributed by atoms with Crippen molar-refractivity contribution < 1.29 is 17.9 Å². The lowest BCUT2D eigenvalue weighted by atomic mass is 9.92. The second-order valence-electron chi connectivity index (χ2n) is 5.34. The molecule has 0 fully saturated rings. The Morgan fingerprint density at radius 3 is 2.81 bits per heavy atom. The normalized spacial score (nSPS) is 23.4. The summed E-state index contributed by atoms with van der Waals surface area (Å²) in [6.45, 7) is 0.624. The second kappa shape index (κ2) is 5.60. The number of hydrogen-bond acceptors (Lipinski definition) is 3. The van der Waals surface area contributed by atoms with E-state index in [1.165, 1.54) is 10.5 Å². The van der Waals surface area contributed by atoms with Crippen LogP contribution in [0.25, 0.3) is 6.08 Å². The lowest BCUT2D eigenvalue weighted by molar-refractivity contribution is -0.847. The van der Waals surface area contributed by atoms with Crippen LogP contribution in [0.5, 0.6) is 0 Å². The summed E-state index contributed by atoms with van der Waals surface area (Å²) in [7, 11) is -4.14. The maximum absolute atomic E-state index is 10.8. The number of hydrogen-bond donors (Lipinski definition) is 1. The van der Waals surface area contributed by atoms with Gasteiger partial charge in [0.1, 0.15) is 11.7 Å². The molecule has 0 spiro atoms. The third kappa shape index (κ3) is 3.15. The number of rotatable bonds is 4. The van der Waals surface area contributed by atoms with Crippen molar-refractivity contribution in [2.75, 3.05) is 12.3 Å². The maximum atomic E-state index is 10.8. The largest absolute Gasteiger partial charge is 0.748 e. The first kappa shape index (κ1) is 14.3. The molecular weight excluding hydrogens is 286 g/mol. The Labute approximate surface area is 124 Å². The monoisotopic (exact) mass is 303 g/mol. The van der Waals surface area contributed by atoms with Gasteiger partial charge < -0.3 is 4.55 Å².